The fourth-order valence-corrected chi connectivity index (χ4v) is 2.61. The molecule has 1 aromatic heterocycles. The van der Waals surface area contributed by atoms with Crippen LogP contribution in [-0.2, 0) is 0 Å². The maximum atomic E-state index is 10.1. The van der Waals surface area contributed by atoms with Gasteiger partial charge in [-0.05, 0) is 50.6 Å². The molecule has 0 radical (unpaired) electrons. The van der Waals surface area contributed by atoms with E-state index >= 15 is 0 Å². The molecule has 0 aliphatic carbocycles. The normalized spacial score (nSPS) is 12.2. The smallest absolute Gasteiger partial charge is 0.120 e. The number of phenolic OH excluding ortho intramolecular Hbond substituents is 1. The van der Waals surface area contributed by atoms with Crippen LogP contribution in [0.1, 0.15) is 36.3 Å². The Kier molecular flexibility index (Phi) is 4.65. The lowest BCUT2D eigenvalue weighted by atomic mass is 10.0. The standard InChI is InChI=1S/C16H19BrN2O/c1-4-14(13-9-12(17)6-8-16(13)20)19-15-7-5-10(2)18-11(15)3/h5-9,14,19-20H,4H2,1-3H3. The van der Waals surface area contributed by atoms with Crippen molar-refractivity contribution in [1.82, 2.24) is 4.98 Å². The van der Waals surface area contributed by atoms with Gasteiger partial charge >= 0.3 is 0 Å². The molecular formula is C16H19BrN2O. The Morgan fingerprint density at radius 1 is 1.25 bits per heavy atom. The van der Waals surface area contributed by atoms with Gasteiger partial charge in [0.1, 0.15) is 5.75 Å². The number of benzene rings is 1. The molecule has 20 heavy (non-hydrogen) atoms. The summed E-state index contributed by atoms with van der Waals surface area (Å²) in [6, 6.07) is 9.58. The Bertz CT molecular complexity index is 613. The fraction of sp³-hybridized carbons (Fsp3) is 0.312. The summed E-state index contributed by atoms with van der Waals surface area (Å²) < 4.78 is 0.962. The van der Waals surface area contributed by atoms with Crippen LogP contribution in [0.4, 0.5) is 5.69 Å². The number of aromatic nitrogens is 1. The maximum Gasteiger partial charge on any atom is 0.120 e. The van der Waals surface area contributed by atoms with Gasteiger partial charge in [0.05, 0.1) is 17.4 Å². The molecule has 2 N–H and O–H groups in total. The lowest BCUT2D eigenvalue weighted by Gasteiger charge is -2.21. The first kappa shape index (κ1) is 14.9. The third-order valence-corrected chi connectivity index (χ3v) is 3.82. The molecule has 0 aliphatic rings. The molecular weight excluding hydrogens is 316 g/mol. The lowest BCUT2D eigenvalue weighted by molar-refractivity contribution is 0.462. The highest BCUT2D eigenvalue weighted by molar-refractivity contribution is 9.10. The van der Waals surface area contributed by atoms with Gasteiger partial charge in [-0.3, -0.25) is 4.98 Å². The van der Waals surface area contributed by atoms with Gasteiger partial charge in [0.15, 0.2) is 0 Å². The number of phenols is 1. The number of pyridine rings is 1. The van der Waals surface area contributed by atoms with Crippen LogP contribution < -0.4 is 5.32 Å². The van der Waals surface area contributed by atoms with Gasteiger partial charge in [0.25, 0.3) is 0 Å². The van der Waals surface area contributed by atoms with Crippen molar-refractivity contribution in [2.24, 2.45) is 0 Å². The topological polar surface area (TPSA) is 45.2 Å². The number of hydrogen-bond acceptors (Lipinski definition) is 3. The molecule has 3 nitrogen and oxygen atoms in total. The van der Waals surface area contributed by atoms with Crippen molar-refractivity contribution < 1.29 is 5.11 Å². The van der Waals surface area contributed by atoms with Crippen molar-refractivity contribution in [2.45, 2.75) is 33.2 Å². The van der Waals surface area contributed by atoms with Gasteiger partial charge in [-0.15, -0.1) is 0 Å². The van der Waals surface area contributed by atoms with Gasteiger partial charge in [-0.2, -0.15) is 0 Å². The van der Waals surface area contributed by atoms with E-state index in [1.54, 1.807) is 6.07 Å². The number of hydrogen-bond donors (Lipinski definition) is 2. The molecule has 1 atom stereocenters. The highest BCUT2D eigenvalue weighted by atomic mass is 79.9. The predicted molar refractivity (Wildman–Crippen MR) is 86.2 cm³/mol. The van der Waals surface area contributed by atoms with E-state index in [0.717, 1.165) is 33.5 Å². The van der Waals surface area contributed by atoms with Crippen molar-refractivity contribution in [3.05, 3.63) is 51.8 Å². The van der Waals surface area contributed by atoms with E-state index < -0.39 is 0 Å². The first-order chi connectivity index (χ1) is 9.51. The van der Waals surface area contributed by atoms with Crippen LogP contribution in [0.3, 0.4) is 0 Å². The van der Waals surface area contributed by atoms with Crippen molar-refractivity contribution in [3.63, 3.8) is 0 Å². The minimum Gasteiger partial charge on any atom is -0.508 e. The second-order valence-corrected chi connectivity index (χ2v) is 5.81. The van der Waals surface area contributed by atoms with Gasteiger partial charge in [0, 0.05) is 15.7 Å². The molecule has 1 unspecified atom stereocenters. The van der Waals surface area contributed by atoms with Crippen LogP contribution in [0, 0.1) is 13.8 Å². The SMILES string of the molecule is CCC(Nc1ccc(C)nc1C)c1cc(Br)ccc1O. The number of anilines is 1. The molecule has 1 aromatic carbocycles. The summed E-state index contributed by atoms with van der Waals surface area (Å²) in [5.41, 5.74) is 3.87. The van der Waals surface area contributed by atoms with Crippen molar-refractivity contribution in [3.8, 4) is 5.75 Å². The molecule has 1 heterocycles. The third-order valence-electron chi connectivity index (χ3n) is 3.33. The molecule has 106 valence electrons. The molecule has 0 saturated carbocycles. The minimum absolute atomic E-state index is 0.0516. The quantitative estimate of drug-likeness (QED) is 0.849. The Morgan fingerprint density at radius 3 is 2.65 bits per heavy atom. The second kappa shape index (κ2) is 6.27. The summed E-state index contributed by atoms with van der Waals surface area (Å²) >= 11 is 3.45. The summed E-state index contributed by atoms with van der Waals surface area (Å²) in [5.74, 6) is 0.310. The van der Waals surface area contributed by atoms with Crippen LogP contribution in [0.15, 0.2) is 34.8 Å². The summed E-state index contributed by atoms with van der Waals surface area (Å²) in [6.07, 6.45) is 0.872. The van der Waals surface area contributed by atoms with Crippen LogP contribution in [-0.4, -0.2) is 10.1 Å². The van der Waals surface area contributed by atoms with Crippen LogP contribution in [0.2, 0.25) is 0 Å². The van der Waals surface area contributed by atoms with E-state index in [-0.39, 0.29) is 6.04 Å². The average molecular weight is 335 g/mol. The number of aryl methyl sites for hydroxylation is 2. The third kappa shape index (κ3) is 3.31. The Balaban J connectivity index is 2.31. The molecule has 2 aromatic rings. The monoisotopic (exact) mass is 334 g/mol. The summed E-state index contributed by atoms with van der Waals surface area (Å²) in [5, 5.41) is 13.5. The van der Waals surface area contributed by atoms with Crippen molar-refractivity contribution >= 4 is 21.6 Å². The molecule has 0 bridgehead atoms. The summed E-state index contributed by atoms with van der Waals surface area (Å²) in [4.78, 5) is 4.46. The summed E-state index contributed by atoms with van der Waals surface area (Å²) in [6.45, 7) is 6.06. The zero-order chi connectivity index (χ0) is 14.7. The Labute approximate surface area is 128 Å². The van der Waals surface area contributed by atoms with Crippen LogP contribution in [0.25, 0.3) is 0 Å². The molecule has 0 saturated heterocycles. The second-order valence-electron chi connectivity index (χ2n) is 4.89. The number of rotatable bonds is 4. The fourth-order valence-electron chi connectivity index (χ4n) is 2.23. The van der Waals surface area contributed by atoms with E-state index in [4.69, 9.17) is 0 Å². The van der Waals surface area contributed by atoms with E-state index in [0.29, 0.717) is 5.75 Å². The maximum absolute atomic E-state index is 10.1. The predicted octanol–water partition coefficient (Wildman–Crippen LogP) is 4.73. The molecule has 0 amide bonds. The van der Waals surface area contributed by atoms with Crippen LogP contribution in [0.5, 0.6) is 5.75 Å². The largest absolute Gasteiger partial charge is 0.508 e. The molecule has 0 spiro atoms. The van der Waals surface area contributed by atoms with E-state index in [9.17, 15) is 5.11 Å². The number of nitrogens with zero attached hydrogens (tertiary/aromatic N) is 1. The Morgan fingerprint density at radius 2 is 2.00 bits per heavy atom. The van der Waals surface area contributed by atoms with E-state index in [1.807, 2.05) is 38.1 Å². The highest BCUT2D eigenvalue weighted by Crippen LogP contribution is 2.32. The van der Waals surface area contributed by atoms with Gasteiger partial charge in [-0.1, -0.05) is 22.9 Å². The lowest BCUT2D eigenvalue weighted by Crippen LogP contribution is -2.11. The first-order valence-corrected chi connectivity index (χ1v) is 7.49. The van der Waals surface area contributed by atoms with E-state index in [2.05, 4.69) is 33.2 Å². The molecule has 0 fully saturated rings. The molecule has 4 heteroatoms. The zero-order valence-corrected chi connectivity index (χ0v) is 13.5. The Hall–Kier alpha value is -1.55. The number of halogens is 1. The average Bonchev–Trinajstić information content (AvgIpc) is 2.41. The van der Waals surface area contributed by atoms with Crippen molar-refractivity contribution in [1.29, 1.82) is 0 Å². The highest BCUT2D eigenvalue weighted by Gasteiger charge is 2.15. The van der Waals surface area contributed by atoms with Gasteiger partial charge < -0.3 is 10.4 Å². The van der Waals surface area contributed by atoms with Gasteiger partial charge in [0.2, 0.25) is 0 Å². The minimum atomic E-state index is 0.0516. The number of aromatic hydroxyl groups is 1. The number of nitrogens with one attached hydrogen (secondary N) is 1. The first-order valence-electron chi connectivity index (χ1n) is 6.70. The zero-order valence-electron chi connectivity index (χ0n) is 11.9. The molecule has 2 rings (SSSR count). The summed E-state index contributed by atoms with van der Waals surface area (Å²) in [7, 11) is 0. The van der Waals surface area contributed by atoms with Crippen LogP contribution >= 0.6 is 15.9 Å². The van der Waals surface area contributed by atoms with E-state index in [1.165, 1.54) is 0 Å². The van der Waals surface area contributed by atoms with Crippen molar-refractivity contribution in [2.75, 3.05) is 5.32 Å². The molecule has 0 aliphatic heterocycles. The van der Waals surface area contributed by atoms with Gasteiger partial charge in [-0.25, -0.2) is 0 Å².